The van der Waals surface area contributed by atoms with Crippen LogP contribution in [0.3, 0.4) is 0 Å². The van der Waals surface area contributed by atoms with Crippen molar-refractivity contribution in [3.05, 3.63) is 30.1 Å². The lowest BCUT2D eigenvalue weighted by molar-refractivity contribution is -0.122. The Bertz CT molecular complexity index is 335. The van der Waals surface area contributed by atoms with E-state index in [-0.39, 0.29) is 17.8 Å². The van der Waals surface area contributed by atoms with E-state index >= 15 is 0 Å². The number of halogens is 1. The van der Waals surface area contributed by atoms with Gasteiger partial charge in [0.1, 0.15) is 11.6 Å². The molecule has 1 N–H and O–H groups in total. The number of rotatable bonds is 5. The molecule has 1 amide bonds. The summed E-state index contributed by atoms with van der Waals surface area (Å²) in [5, 5.41) is 2.76. The van der Waals surface area contributed by atoms with Gasteiger partial charge in [0.05, 0.1) is 13.0 Å². The highest BCUT2D eigenvalue weighted by Crippen LogP contribution is 2.10. The number of carbonyl (C=O) groups is 1. The zero-order chi connectivity index (χ0) is 12.0. The molecule has 0 bridgehead atoms. The summed E-state index contributed by atoms with van der Waals surface area (Å²) in [4.78, 5) is 11.2. The zero-order valence-corrected chi connectivity index (χ0v) is 9.50. The summed E-state index contributed by atoms with van der Waals surface area (Å²) >= 11 is 0. The van der Waals surface area contributed by atoms with E-state index in [0.717, 1.165) is 0 Å². The van der Waals surface area contributed by atoms with Crippen molar-refractivity contribution in [1.82, 2.24) is 5.32 Å². The lowest BCUT2D eigenvalue weighted by Crippen LogP contribution is -2.31. The van der Waals surface area contributed by atoms with Crippen LogP contribution in [0.5, 0.6) is 5.75 Å². The molecule has 0 atom stereocenters. The molecule has 16 heavy (non-hydrogen) atoms. The summed E-state index contributed by atoms with van der Waals surface area (Å²) < 4.78 is 17.8. The Morgan fingerprint density at radius 1 is 1.38 bits per heavy atom. The van der Waals surface area contributed by atoms with E-state index in [0.29, 0.717) is 18.8 Å². The normalized spacial score (nSPS) is 10.2. The second-order valence-corrected chi connectivity index (χ2v) is 3.77. The molecule has 0 spiro atoms. The second-order valence-electron chi connectivity index (χ2n) is 3.77. The van der Waals surface area contributed by atoms with Crippen LogP contribution < -0.4 is 10.1 Å². The Labute approximate surface area is 94.6 Å². The van der Waals surface area contributed by atoms with Gasteiger partial charge in [0, 0.05) is 6.04 Å². The standard InChI is InChI=1S/C12H16FNO2/c1-9(2)14-12(15)7-8-16-11-5-3-10(13)4-6-11/h3-6,9H,7-8H2,1-2H3,(H,14,15). The summed E-state index contributed by atoms with van der Waals surface area (Å²) in [6.45, 7) is 4.10. The number of hydrogen-bond donors (Lipinski definition) is 1. The molecule has 0 fully saturated rings. The minimum absolute atomic E-state index is 0.0443. The molecule has 0 aliphatic heterocycles. The second kappa shape index (κ2) is 6.10. The topological polar surface area (TPSA) is 38.3 Å². The van der Waals surface area contributed by atoms with E-state index in [4.69, 9.17) is 4.74 Å². The fourth-order valence-electron chi connectivity index (χ4n) is 1.19. The van der Waals surface area contributed by atoms with E-state index < -0.39 is 0 Å². The van der Waals surface area contributed by atoms with Crippen LogP contribution in [0.1, 0.15) is 20.3 Å². The molecule has 0 heterocycles. The Morgan fingerprint density at radius 3 is 2.56 bits per heavy atom. The van der Waals surface area contributed by atoms with Gasteiger partial charge >= 0.3 is 0 Å². The summed E-state index contributed by atoms with van der Waals surface area (Å²) in [5.41, 5.74) is 0. The molecule has 4 heteroatoms. The maximum Gasteiger partial charge on any atom is 0.223 e. The summed E-state index contributed by atoms with van der Waals surface area (Å²) in [7, 11) is 0. The number of hydrogen-bond acceptors (Lipinski definition) is 2. The van der Waals surface area contributed by atoms with Gasteiger partial charge in [-0.05, 0) is 38.1 Å². The fraction of sp³-hybridized carbons (Fsp3) is 0.417. The molecule has 1 aromatic rings. The van der Waals surface area contributed by atoms with Crippen molar-refractivity contribution in [1.29, 1.82) is 0 Å². The van der Waals surface area contributed by atoms with Crippen molar-refractivity contribution in [2.75, 3.05) is 6.61 Å². The van der Waals surface area contributed by atoms with Crippen molar-refractivity contribution in [3.8, 4) is 5.75 Å². The first kappa shape index (κ1) is 12.5. The number of ether oxygens (including phenoxy) is 1. The molecule has 0 aliphatic rings. The molecule has 1 rings (SSSR count). The highest BCUT2D eigenvalue weighted by molar-refractivity contribution is 5.76. The minimum atomic E-state index is -0.301. The molecule has 0 radical (unpaired) electrons. The maximum atomic E-state index is 12.6. The maximum absolute atomic E-state index is 12.6. The van der Waals surface area contributed by atoms with E-state index in [1.54, 1.807) is 0 Å². The molecule has 1 aromatic carbocycles. The van der Waals surface area contributed by atoms with Crippen LogP contribution in [0, 0.1) is 5.82 Å². The predicted octanol–water partition coefficient (Wildman–Crippen LogP) is 2.12. The quantitative estimate of drug-likeness (QED) is 0.833. The number of nitrogens with one attached hydrogen (secondary N) is 1. The van der Waals surface area contributed by atoms with Gasteiger partial charge in [0.15, 0.2) is 0 Å². The predicted molar refractivity (Wildman–Crippen MR) is 59.8 cm³/mol. The van der Waals surface area contributed by atoms with Crippen LogP contribution in [-0.4, -0.2) is 18.6 Å². The molecule has 0 aromatic heterocycles. The van der Waals surface area contributed by atoms with Gasteiger partial charge in [-0.1, -0.05) is 0 Å². The summed E-state index contributed by atoms with van der Waals surface area (Å²) in [6, 6.07) is 5.86. The van der Waals surface area contributed by atoms with Crippen molar-refractivity contribution in [3.63, 3.8) is 0 Å². The summed E-state index contributed by atoms with van der Waals surface area (Å²) in [5.74, 6) is 0.223. The van der Waals surface area contributed by atoms with Gasteiger partial charge in [-0.25, -0.2) is 4.39 Å². The third kappa shape index (κ3) is 4.77. The molecule has 0 aliphatic carbocycles. The number of carbonyl (C=O) groups excluding carboxylic acids is 1. The Morgan fingerprint density at radius 2 is 2.00 bits per heavy atom. The monoisotopic (exact) mass is 225 g/mol. The van der Waals surface area contributed by atoms with Crippen LogP contribution in [0.25, 0.3) is 0 Å². The minimum Gasteiger partial charge on any atom is -0.493 e. The fourth-order valence-corrected chi connectivity index (χ4v) is 1.19. The van der Waals surface area contributed by atoms with Gasteiger partial charge in [-0.15, -0.1) is 0 Å². The molecule has 0 saturated heterocycles. The van der Waals surface area contributed by atoms with Gasteiger partial charge in [-0.2, -0.15) is 0 Å². The first-order valence-corrected chi connectivity index (χ1v) is 5.25. The van der Waals surface area contributed by atoms with Crippen LogP contribution in [0.4, 0.5) is 4.39 Å². The average Bonchev–Trinajstić information content (AvgIpc) is 2.20. The number of amides is 1. The van der Waals surface area contributed by atoms with Crippen LogP contribution >= 0.6 is 0 Å². The molecule has 88 valence electrons. The lowest BCUT2D eigenvalue weighted by atomic mass is 10.3. The third-order valence-electron chi connectivity index (χ3n) is 1.86. The highest BCUT2D eigenvalue weighted by atomic mass is 19.1. The molecular formula is C12H16FNO2. The van der Waals surface area contributed by atoms with E-state index in [9.17, 15) is 9.18 Å². The lowest BCUT2D eigenvalue weighted by Gasteiger charge is -2.09. The van der Waals surface area contributed by atoms with E-state index in [1.165, 1.54) is 24.3 Å². The Kier molecular flexibility index (Phi) is 4.76. The average molecular weight is 225 g/mol. The third-order valence-corrected chi connectivity index (χ3v) is 1.86. The van der Waals surface area contributed by atoms with E-state index in [1.807, 2.05) is 13.8 Å². The SMILES string of the molecule is CC(C)NC(=O)CCOc1ccc(F)cc1. The van der Waals surface area contributed by atoms with E-state index in [2.05, 4.69) is 5.32 Å². The first-order chi connectivity index (χ1) is 7.58. The molecule has 0 unspecified atom stereocenters. The summed E-state index contributed by atoms with van der Waals surface area (Å²) in [6.07, 6.45) is 0.301. The largest absolute Gasteiger partial charge is 0.493 e. The molecule has 0 saturated carbocycles. The van der Waals surface area contributed by atoms with Crippen molar-refractivity contribution in [2.24, 2.45) is 0 Å². The smallest absolute Gasteiger partial charge is 0.223 e. The number of benzene rings is 1. The first-order valence-electron chi connectivity index (χ1n) is 5.25. The van der Waals surface area contributed by atoms with Crippen molar-refractivity contribution >= 4 is 5.91 Å². The molecular weight excluding hydrogens is 209 g/mol. The van der Waals surface area contributed by atoms with Crippen LogP contribution in [0.2, 0.25) is 0 Å². The molecule has 3 nitrogen and oxygen atoms in total. The van der Waals surface area contributed by atoms with Crippen molar-refractivity contribution in [2.45, 2.75) is 26.3 Å². The Hall–Kier alpha value is -1.58. The van der Waals surface area contributed by atoms with Gasteiger partial charge in [-0.3, -0.25) is 4.79 Å². The zero-order valence-electron chi connectivity index (χ0n) is 9.50. The van der Waals surface area contributed by atoms with Gasteiger partial charge < -0.3 is 10.1 Å². The highest BCUT2D eigenvalue weighted by Gasteiger charge is 2.03. The van der Waals surface area contributed by atoms with Crippen LogP contribution in [0.15, 0.2) is 24.3 Å². The van der Waals surface area contributed by atoms with Gasteiger partial charge in [0.25, 0.3) is 0 Å². The van der Waals surface area contributed by atoms with Crippen molar-refractivity contribution < 1.29 is 13.9 Å². The van der Waals surface area contributed by atoms with Crippen LogP contribution in [-0.2, 0) is 4.79 Å². The Balaban J connectivity index is 2.25. The van der Waals surface area contributed by atoms with Gasteiger partial charge in [0.2, 0.25) is 5.91 Å².